The smallest absolute Gasteiger partial charge is 0.407 e. The van der Waals surface area contributed by atoms with Crippen molar-refractivity contribution in [1.82, 2.24) is 19.9 Å². The van der Waals surface area contributed by atoms with Crippen molar-refractivity contribution in [2.45, 2.75) is 32.7 Å². The third kappa shape index (κ3) is 4.72. The second-order valence-electron chi connectivity index (χ2n) is 9.10. The highest BCUT2D eigenvalue weighted by molar-refractivity contribution is 5.97. The highest BCUT2D eigenvalue weighted by Gasteiger charge is 2.24. The lowest BCUT2D eigenvalue weighted by molar-refractivity contribution is 0.132. The number of aromatic nitrogens is 3. The first-order chi connectivity index (χ1) is 17.4. The topological polar surface area (TPSA) is 126 Å². The summed E-state index contributed by atoms with van der Waals surface area (Å²) in [6.07, 6.45) is 4.17. The number of ether oxygens (including phenoxy) is 1. The van der Waals surface area contributed by atoms with Crippen molar-refractivity contribution >= 4 is 28.5 Å². The van der Waals surface area contributed by atoms with Crippen molar-refractivity contribution in [3.05, 3.63) is 66.0 Å². The van der Waals surface area contributed by atoms with Crippen LogP contribution < -0.4 is 15.8 Å². The third-order valence-corrected chi connectivity index (χ3v) is 6.39. The van der Waals surface area contributed by atoms with Crippen molar-refractivity contribution in [3.63, 3.8) is 0 Å². The number of nitrogen functional groups attached to an aromatic ring is 1. The Kier molecular flexibility index (Phi) is 6.28. The predicted molar refractivity (Wildman–Crippen MR) is 139 cm³/mol. The van der Waals surface area contributed by atoms with Gasteiger partial charge in [0.1, 0.15) is 5.75 Å². The number of nitrogens with one attached hydrogen (secondary N) is 1. The molecule has 1 saturated heterocycles. The first-order valence-electron chi connectivity index (χ1n) is 11.9. The van der Waals surface area contributed by atoms with Gasteiger partial charge < -0.3 is 25.8 Å². The van der Waals surface area contributed by atoms with Crippen molar-refractivity contribution in [3.8, 4) is 22.9 Å². The molecular weight excluding hydrogens is 456 g/mol. The zero-order chi connectivity index (χ0) is 25.2. The molecule has 1 fully saturated rings. The minimum absolute atomic E-state index is 0.0553. The third-order valence-electron chi connectivity index (χ3n) is 6.39. The minimum atomic E-state index is -0.908. The molecule has 2 aromatic heterocycles. The number of pyridine rings is 1. The molecule has 0 aliphatic carbocycles. The van der Waals surface area contributed by atoms with Crippen LogP contribution in [0.1, 0.15) is 24.0 Å². The number of amides is 1. The molecule has 1 atom stereocenters. The summed E-state index contributed by atoms with van der Waals surface area (Å²) in [5.41, 5.74) is 10.2. The van der Waals surface area contributed by atoms with Crippen LogP contribution in [0.5, 0.6) is 11.6 Å². The number of anilines is 2. The number of fused-ring (bicyclic) bond motifs is 1. The Morgan fingerprint density at radius 1 is 1.17 bits per heavy atom. The monoisotopic (exact) mass is 484 g/mol. The van der Waals surface area contributed by atoms with E-state index in [1.54, 1.807) is 12.4 Å². The maximum Gasteiger partial charge on any atom is 0.407 e. The Balaban J connectivity index is 1.48. The van der Waals surface area contributed by atoms with E-state index in [1.807, 2.05) is 56.3 Å². The van der Waals surface area contributed by atoms with Gasteiger partial charge in [-0.3, -0.25) is 0 Å². The standard InChI is InChI=1S/C27H28N6O3/c1-16-13-21(23-10-11-29-26(32-23)31-18-5-4-12-33(15-18)27(34)35)25(30-14-16)36-24-17(2)8-9-19-20(24)6-3-7-22(19)28/h3,6-11,13-14,18H,4-5,12,15,28H2,1-2H3,(H,34,35)(H,29,31,32)/t18-/m0/s1. The molecule has 0 spiro atoms. The molecule has 3 heterocycles. The molecule has 1 amide bonds. The van der Waals surface area contributed by atoms with Crippen LogP contribution >= 0.6 is 0 Å². The second kappa shape index (κ2) is 9.69. The molecule has 36 heavy (non-hydrogen) atoms. The second-order valence-corrected chi connectivity index (χ2v) is 9.10. The van der Waals surface area contributed by atoms with Crippen molar-refractivity contribution in [2.75, 3.05) is 24.1 Å². The van der Waals surface area contributed by atoms with E-state index in [4.69, 9.17) is 15.5 Å². The molecule has 9 heteroatoms. The summed E-state index contributed by atoms with van der Waals surface area (Å²) in [6, 6.07) is 13.5. The first-order valence-corrected chi connectivity index (χ1v) is 11.9. The average molecular weight is 485 g/mol. The van der Waals surface area contributed by atoms with Gasteiger partial charge in [0, 0.05) is 48.0 Å². The van der Waals surface area contributed by atoms with Crippen LogP contribution in [0.4, 0.5) is 16.4 Å². The van der Waals surface area contributed by atoms with E-state index in [-0.39, 0.29) is 6.04 Å². The molecule has 5 rings (SSSR count). The van der Waals surface area contributed by atoms with E-state index in [0.29, 0.717) is 42.0 Å². The largest absolute Gasteiger partial charge is 0.465 e. The molecule has 4 N–H and O–H groups in total. The van der Waals surface area contributed by atoms with E-state index >= 15 is 0 Å². The van der Waals surface area contributed by atoms with Gasteiger partial charge in [0.15, 0.2) is 0 Å². The van der Waals surface area contributed by atoms with Crippen LogP contribution in [-0.2, 0) is 0 Å². The molecule has 1 aliphatic heterocycles. The summed E-state index contributed by atoms with van der Waals surface area (Å²) >= 11 is 0. The van der Waals surface area contributed by atoms with Crippen LogP contribution in [0, 0.1) is 13.8 Å². The number of rotatable bonds is 5. The van der Waals surface area contributed by atoms with Crippen molar-refractivity contribution in [1.29, 1.82) is 0 Å². The Bertz CT molecular complexity index is 1440. The van der Waals surface area contributed by atoms with Gasteiger partial charge in [-0.1, -0.05) is 24.3 Å². The van der Waals surface area contributed by atoms with E-state index in [9.17, 15) is 9.90 Å². The zero-order valence-electron chi connectivity index (χ0n) is 20.2. The van der Waals surface area contributed by atoms with Gasteiger partial charge in [-0.25, -0.2) is 19.7 Å². The van der Waals surface area contributed by atoms with Crippen LogP contribution in [-0.4, -0.2) is 50.2 Å². The number of piperidine rings is 1. The van der Waals surface area contributed by atoms with Crippen LogP contribution in [0.3, 0.4) is 0 Å². The highest BCUT2D eigenvalue weighted by atomic mass is 16.5. The number of aryl methyl sites for hydroxylation is 2. The van der Waals surface area contributed by atoms with Gasteiger partial charge >= 0.3 is 6.09 Å². The number of hydrogen-bond donors (Lipinski definition) is 3. The lowest BCUT2D eigenvalue weighted by Crippen LogP contribution is -2.44. The number of carboxylic acid groups (broad SMARTS) is 1. The molecule has 0 unspecified atom stereocenters. The average Bonchev–Trinajstić information content (AvgIpc) is 2.87. The van der Waals surface area contributed by atoms with Gasteiger partial charge in [0.2, 0.25) is 11.8 Å². The maximum atomic E-state index is 11.4. The molecule has 2 aromatic carbocycles. The molecular formula is C27H28N6O3. The maximum absolute atomic E-state index is 11.4. The van der Waals surface area contributed by atoms with Crippen molar-refractivity contribution < 1.29 is 14.6 Å². The molecule has 1 aliphatic rings. The lowest BCUT2D eigenvalue weighted by Gasteiger charge is -2.31. The van der Waals surface area contributed by atoms with E-state index in [2.05, 4.69) is 15.3 Å². The first kappa shape index (κ1) is 23.3. The quantitative estimate of drug-likeness (QED) is 0.328. The molecule has 0 radical (unpaired) electrons. The molecule has 9 nitrogen and oxygen atoms in total. The Labute approximate surface area is 209 Å². The summed E-state index contributed by atoms with van der Waals surface area (Å²) in [5.74, 6) is 1.56. The molecule has 0 bridgehead atoms. The van der Waals surface area contributed by atoms with E-state index in [0.717, 1.165) is 40.3 Å². The van der Waals surface area contributed by atoms with Gasteiger partial charge in [0.05, 0.1) is 11.3 Å². The molecule has 4 aromatic rings. The normalized spacial score (nSPS) is 15.6. The fourth-order valence-electron chi connectivity index (χ4n) is 4.55. The van der Waals surface area contributed by atoms with Crippen LogP contribution in [0.25, 0.3) is 22.0 Å². The number of benzene rings is 2. The van der Waals surface area contributed by atoms with E-state index in [1.165, 1.54) is 4.90 Å². The number of nitrogens with zero attached hydrogens (tertiary/aromatic N) is 4. The Hall–Kier alpha value is -4.40. The fourth-order valence-corrected chi connectivity index (χ4v) is 4.55. The van der Waals surface area contributed by atoms with Crippen molar-refractivity contribution in [2.24, 2.45) is 0 Å². The van der Waals surface area contributed by atoms with Gasteiger partial charge in [-0.15, -0.1) is 0 Å². The Morgan fingerprint density at radius 2 is 2.03 bits per heavy atom. The van der Waals surface area contributed by atoms with E-state index < -0.39 is 6.09 Å². The minimum Gasteiger partial charge on any atom is -0.465 e. The fraction of sp³-hybridized carbons (Fsp3) is 0.259. The number of hydrogen-bond acceptors (Lipinski definition) is 7. The SMILES string of the molecule is Cc1cnc(Oc2c(C)ccc3c(N)cccc23)c(-c2ccnc(N[C@H]3CCCN(C(=O)O)C3)n2)c1. The summed E-state index contributed by atoms with van der Waals surface area (Å²) in [6.45, 7) is 4.90. The van der Waals surface area contributed by atoms with Gasteiger partial charge in [-0.05, 0) is 56.0 Å². The summed E-state index contributed by atoms with van der Waals surface area (Å²) in [7, 11) is 0. The molecule has 184 valence electrons. The lowest BCUT2D eigenvalue weighted by atomic mass is 10.0. The van der Waals surface area contributed by atoms with Gasteiger partial charge in [0.25, 0.3) is 0 Å². The van der Waals surface area contributed by atoms with Crippen LogP contribution in [0.2, 0.25) is 0 Å². The van der Waals surface area contributed by atoms with Crippen LogP contribution in [0.15, 0.2) is 54.9 Å². The number of carbonyl (C=O) groups is 1. The summed E-state index contributed by atoms with van der Waals surface area (Å²) in [5, 5.41) is 14.5. The highest BCUT2D eigenvalue weighted by Crippen LogP contribution is 2.38. The summed E-state index contributed by atoms with van der Waals surface area (Å²) < 4.78 is 6.43. The number of likely N-dealkylation sites (tertiary alicyclic amines) is 1. The summed E-state index contributed by atoms with van der Waals surface area (Å²) in [4.78, 5) is 26.5. The molecule has 0 saturated carbocycles. The zero-order valence-corrected chi connectivity index (χ0v) is 20.2. The predicted octanol–water partition coefficient (Wildman–Crippen LogP) is 5.24. The van der Waals surface area contributed by atoms with Gasteiger partial charge in [-0.2, -0.15) is 0 Å². The Morgan fingerprint density at radius 3 is 2.86 bits per heavy atom. The number of nitrogens with two attached hydrogens (primary N) is 1.